The minimum absolute atomic E-state index is 0.0274. The SMILES string of the molecule is CC(C)(C)[Si](C)(C)O[C@@H]1[C@@H](O[Si](C)(C)C(C)(C)C)[C@H](O)O[C@H](CO)[C@@H]1O[Si](C)(C)C(C)(C)C. The van der Waals surface area contributed by atoms with Crippen LogP contribution in [0.5, 0.6) is 0 Å². The summed E-state index contributed by atoms with van der Waals surface area (Å²) in [6.07, 6.45) is -3.61. The Balaban J connectivity index is 3.58. The summed E-state index contributed by atoms with van der Waals surface area (Å²) < 4.78 is 26.6. The molecule has 0 aliphatic carbocycles. The van der Waals surface area contributed by atoms with E-state index in [9.17, 15) is 10.2 Å². The molecule has 0 radical (unpaired) electrons. The maximum atomic E-state index is 11.1. The Morgan fingerprint density at radius 2 is 0.909 bits per heavy atom. The van der Waals surface area contributed by atoms with Crippen LogP contribution < -0.4 is 0 Å². The van der Waals surface area contributed by atoms with E-state index in [1.165, 1.54) is 0 Å². The lowest BCUT2D eigenvalue weighted by atomic mass is 9.99. The van der Waals surface area contributed by atoms with Gasteiger partial charge in [-0.15, -0.1) is 0 Å². The number of aliphatic hydroxyl groups is 2. The van der Waals surface area contributed by atoms with Crippen molar-refractivity contribution in [2.24, 2.45) is 0 Å². The first-order chi connectivity index (χ1) is 14.4. The minimum atomic E-state index is -2.27. The van der Waals surface area contributed by atoms with E-state index in [4.69, 9.17) is 18.0 Å². The Morgan fingerprint density at radius 1 is 0.606 bits per heavy atom. The van der Waals surface area contributed by atoms with Crippen molar-refractivity contribution < 1.29 is 28.2 Å². The van der Waals surface area contributed by atoms with Gasteiger partial charge in [-0.3, -0.25) is 0 Å². The van der Waals surface area contributed by atoms with Crippen LogP contribution in [0.15, 0.2) is 0 Å². The molecule has 0 aromatic heterocycles. The molecule has 0 bridgehead atoms. The fourth-order valence-electron chi connectivity index (χ4n) is 2.99. The van der Waals surface area contributed by atoms with Gasteiger partial charge in [-0.25, -0.2) is 0 Å². The second kappa shape index (κ2) is 10.0. The molecule has 0 aromatic carbocycles. The molecule has 1 rings (SSSR count). The topological polar surface area (TPSA) is 77.4 Å². The van der Waals surface area contributed by atoms with E-state index < -0.39 is 55.7 Å². The Hall–Kier alpha value is 0.411. The van der Waals surface area contributed by atoms with Crippen LogP contribution in [0.3, 0.4) is 0 Å². The maximum Gasteiger partial charge on any atom is 0.192 e. The van der Waals surface area contributed by atoms with Crippen molar-refractivity contribution in [3.63, 3.8) is 0 Å². The van der Waals surface area contributed by atoms with Crippen molar-refractivity contribution in [1.29, 1.82) is 0 Å². The highest BCUT2D eigenvalue weighted by Gasteiger charge is 2.55. The summed E-state index contributed by atoms with van der Waals surface area (Å²) in [5.74, 6) is 0. The smallest absolute Gasteiger partial charge is 0.192 e. The standard InChI is InChI=1S/C24H54O6Si3/c1-22(2,3)31(10,11)28-18-17(16-25)27-21(26)20(30-33(14,15)24(7,8)9)19(18)29-32(12,13)23(4,5)6/h17-21,25-26H,16H2,1-15H3/t17-,18+,19+,20-,21-/m1/s1. The Morgan fingerprint density at radius 3 is 1.21 bits per heavy atom. The molecule has 0 saturated carbocycles. The van der Waals surface area contributed by atoms with Gasteiger partial charge in [-0.05, 0) is 54.4 Å². The highest BCUT2D eigenvalue weighted by Crippen LogP contribution is 2.45. The fraction of sp³-hybridized carbons (Fsp3) is 1.00. The van der Waals surface area contributed by atoms with Crippen LogP contribution in [0.1, 0.15) is 62.3 Å². The molecular formula is C24H54O6Si3. The van der Waals surface area contributed by atoms with Crippen LogP contribution in [0.25, 0.3) is 0 Å². The zero-order valence-electron chi connectivity index (χ0n) is 24.1. The number of ether oxygens (including phenoxy) is 1. The third kappa shape index (κ3) is 7.22. The summed E-state index contributed by atoms with van der Waals surface area (Å²) >= 11 is 0. The molecule has 5 atom stereocenters. The lowest BCUT2D eigenvalue weighted by Gasteiger charge is -2.53. The fourth-order valence-corrected chi connectivity index (χ4v) is 6.90. The monoisotopic (exact) mass is 522 g/mol. The normalized spacial score (nSPS) is 28.8. The summed E-state index contributed by atoms with van der Waals surface area (Å²) in [6, 6.07) is 0. The largest absolute Gasteiger partial charge is 0.408 e. The molecule has 33 heavy (non-hydrogen) atoms. The molecule has 1 aliphatic rings. The summed E-state index contributed by atoms with van der Waals surface area (Å²) in [5, 5.41) is 21.2. The van der Waals surface area contributed by atoms with Crippen molar-refractivity contribution in [3.05, 3.63) is 0 Å². The van der Waals surface area contributed by atoms with Gasteiger partial charge in [0.05, 0.1) is 6.61 Å². The predicted octanol–water partition coefficient (Wildman–Crippen LogP) is 5.87. The molecule has 1 heterocycles. The molecule has 9 heteroatoms. The average Bonchev–Trinajstić information content (AvgIpc) is 2.56. The van der Waals surface area contributed by atoms with Gasteiger partial charge in [0.15, 0.2) is 31.2 Å². The van der Waals surface area contributed by atoms with E-state index >= 15 is 0 Å². The molecule has 1 saturated heterocycles. The maximum absolute atomic E-state index is 11.1. The van der Waals surface area contributed by atoms with E-state index in [2.05, 4.69) is 102 Å². The Kier molecular flexibility index (Phi) is 9.57. The molecule has 1 aliphatic heterocycles. The van der Waals surface area contributed by atoms with Gasteiger partial charge < -0.3 is 28.2 Å². The number of aliphatic hydroxyl groups excluding tert-OH is 2. The first-order valence-corrected chi connectivity index (χ1v) is 21.1. The summed E-state index contributed by atoms with van der Waals surface area (Å²) in [6.45, 7) is 32.6. The van der Waals surface area contributed by atoms with Gasteiger partial charge in [0.1, 0.15) is 24.4 Å². The first-order valence-electron chi connectivity index (χ1n) is 12.4. The second-order valence-corrected chi connectivity index (χ2v) is 28.5. The molecule has 6 nitrogen and oxygen atoms in total. The third-order valence-electron chi connectivity index (χ3n) is 8.50. The lowest BCUT2D eigenvalue weighted by Crippen LogP contribution is -2.67. The van der Waals surface area contributed by atoms with Gasteiger partial charge in [0, 0.05) is 0 Å². The van der Waals surface area contributed by atoms with Gasteiger partial charge in [0.2, 0.25) is 0 Å². The number of hydrogen-bond acceptors (Lipinski definition) is 6. The zero-order chi connectivity index (χ0) is 26.4. The highest BCUT2D eigenvalue weighted by molar-refractivity contribution is 6.75. The van der Waals surface area contributed by atoms with Gasteiger partial charge in [0.25, 0.3) is 0 Å². The van der Waals surface area contributed by atoms with Crippen LogP contribution in [0, 0.1) is 0 Å². The van der Waals surface area contributed by atoms with E-state index in [1.54, 1.807) is 0 Å². The van der Waals surface area contributed by atoms with E-state index in [-0.39, 0.29) is 21.7 Å². The van der Waals surface area contributed by atoms with Crippen LogP contribution in [0.2, 0.25) is 54.4 Å². The molecule has 0 unspecified atom stereocenters. The van der Waals surface area contributed by atoms with Crippen LogP contribution in [-0.2, 0) is 18.0 Å². The van der Waals surface area contributed by atoms with Crippen molar-refractivity contribution in [3.8, 4) is 0 Å². The van der Waals surface area contributed by atoms with E-state index in [1.807, 2.05) is 0 Å². The Bertz CT molecular complexity index is 646. The lowest BCUT2D eigenvalue weighted by molar-refractivity contribution is -0.277. The molecule has 1 fully saturated rings. The van der Waals surface area contributed by atoms with Crippen LogP contribution in [-0.4, -0.2) is 72.5 Å². The van der Waals surface area contributed by atoms with Gasteiger partial charge in [-0.2, -0.15) is 0 Å². The molecule has 0 aromatic rings. The number of hydrogen-bond donors (Lipinski definition) is 2. The van der Waals surface area contributed by atoms with Gasteiger partial charge >= 0.3 is 0 Å². The average molecular weight is 523 g/mol. The molecule has 2 N–H and O–H groups in total. The summed E-state index contributed by atoms with van der Waals surface area (Å²) in [5.41, 5.74) is 0. The van der Waals surface area contributed by atoms with Gasteiger partial charge in [-0.1, -0.05) is 62.3 Å². The quantitative estimate of drug-likeness (QED) is 0.407. The highest BCUT2D eigenvalue weighted by atomic mass is 28.4. The van der Waals surface area contributed by atoms with E-state index in [0.29, 0.717) is 0 Å². The van der Waals surface area contributed by atoms with Crippen molar-refractivity contribution in [2.75, 3.05) is 6.61 Å². The summed E-state index contributed by atoms with van der Waals surface area (Å²) in [4.78, 5) is 0. The molecule has 0 spiro atoms. The zero-order valence-corrected chi connectivity index (χ0v) is 27.1. The first kappa shape index (κ1) is 31.4. The predicted molar refractivity (Wildman–Crippen MR) is 144 cm³/mol. The van der Waals surface area contributed by atoms with Crippen molar-refractivity contribution in [1.82, 2.24) is 0 Å². The second-order valence-electron chi connectivity index (χ2n) is 14.3. The van der Waals surface area contributed by atoms with E-state index in [0.717, 1.165) is 0 Å². The molecule has 198 valence electrons. The molecule has 0 amide bonds. The Labute approximate surface area is 207 Å². The molecular weight excluding hydrogens is 469 g/mol. The minimum Gasteiger partial charge on any atom is -0.408 e. The van der Waals surface area contributed by atoms with Crippen LogP contribution >= 0.6 is 0 Å². The van der Waals surface area contributed by atoms with Crippen molar-refractivity contribution in [2.45, 2.75) is 147 Å². The summed E-state index contributed by atoms with van der Waals surface area (Å²) in [7, 11) is -6.78. The third-order valence-corrected chi connectivity index (χ3v) is 21.9. The van der Waals surface area contributed by atoms with Crippen molar-refractivity contribution >= 4 is 25.0 Å². The number of rotatable bonds is 7. The van der Waals surface area contributed by atoms with Crippen LogP contribution in [0.4, 0.5) is 0 Å².